The van der Waals surface area contributed by atoms with Gasteiger partial charge in [-0.3, -0.25) is 4.79 Å². The third-order valence-electron chi connectivity index (χ3n) is 5.95. The Labute approximate surface area is 206 Å². The van der Waals surface area contributed by atoms with E-state index in [0.717, 1.165) is 44.5 Å². The molecule has 0 saturated heterocycles. The first kappa shape index (κ1) is 24.6. The molecular weight excluding hydrogens is 438 g/mol. The van der Waals surface area contributed by atoms with Gasteiger partial charge < -0.3 is 19.6 Å². The molecule has 5 nitrogen and oxygen atoms in total. The molecule has 0 atom stereocenters. The fourth-order valence-corrected chi connectivity index (χ4v) is 4.26. The highest BCUT2D eigenvalue weighted by Gasteiger charge is 2.26. The van der Waals surface area contributed by atoms with Crippen LogP contribution in [0.5, 0.6) is 5.75 Å². The van der Waals surface area contributed by atoms with Crippen molar-refractivity contribution in [3.05, 3.63) is 89.2 Å². The lowest BCUT2D eigenvalue weighted by Gasteiger charge is -2.18. The molecule has 182 valence electrons. The Morgan fingerprint density at radius 2 is 1.74 bits per heavy atom. The number of carbonyl (C=O) groups is 1. The highest BCUT2D eigenvalue weighted by molar-refractivity contribution is 5.87. The van der Waals surface area contributed by atoms with Gasteiger partial charge in [0.2, 0.25) is 0 Å². The first-order chi connectivity index (χ1) is 16.8. The van der Waals surface area contributed by atoms with Gasteiger partial charge in [0.05, 0.1) is 13.0 Å². The Morgan fingerprint density at radius 1 is 0.971 bits per heavy atom. The monoisotopic (exact) mass is 471 g/mol. The molecule has 0 bridgehead atoms. The van der Waals surface area contributed by atoms with Crippen molar-refractivity contribution in [2.24, 2.45) is 5.73 Å². The van der Waals surface area contributed by atoms with Crippen LogP contribution >= 0.6 is 0 Å². The summed E-state index contributed by atoms with van der Waals surface area (Å²) in [7, 11) is 0. The van der Waals surface area contributed by atoms with Gasteiger partial charge in [0.25, 0.3) is 0 Å². The predicted octanol–water partition coefficient (Wildman–Crippen LogP) is 6.54. The van der Waals surface area contributed by atoms with Crippen molar-refractivity contribution in [1.82, 2.24) is 0 Å². The van der Waals surface area contributed by atoms with Crippen molar-refractivity contribution in [3.8, 4) is 16.9 Å². The average Bonchev–Trinajstić information content (AvgIpc) is 3.22. The van der Waals surface area contributed by atoms with Crippen molar-refractivity contribution < 1.29 is 18.7 Å². The zero-order chi connectivity index (χ0) is 25.0. The Morgan fingerprint density at radius 3 is 2.49 bits per heavy atom. The maximum atomic E-state index is 12.1. The summed E-state index contributed by atoms with van der Waals surface area (Å²) in [4.78, 5) is 12.1. The van der Waals surface area contributed by atoms with E-state index in [-0.39, 0.29) is 17.8 Å². The minimum atomic E-state index is -0.267. The summed E-state index contributed by atoms with van der Waals surface area (Å²) in [6, 6.07) is 22.1. The first-order valence-electron chi connectivity index (χ1n) is 12.0. The van der Waals surface area contributed by atoms with Gasteiger partial charge in [0, 0.05) is 28.5 Å². The van der Waals surface area contributed by atoms with Crippen molar-refractivity contribution in [1.29, 1.82) is 0 Å². The lowest BCUT2D eigenvalue weighted by molar-refractivity contribution is -0.142. The zero-order valence-electron chi connectivity index (χ0n) is 20.9. The smallest absolute Gasteiger partial charge is 0.310 e. The van der Waals surface area contributed by atoms with Crippen LogP contribution in [-0.4, -0.2) is 12.6 Å². The maximum absolute atomic E-state index is 12.1. The second kappa shape index (κ2) is 10.4. The summed E-state index contributed by atoms with van der Waals surface area (Å²) < 4.78 is 17.8. The molecule has 1 aromatic heterocycles. The van der Waals surface area contributed by atoms with Gasteiger partial charge in [-0.05, 0) is 47.9 Å². The van der Waals surface area contributed by atoms with Crippen LogP contribution in [0.3, 0.4) is 0 Å². The summed E-state index contributed by atoms with van der Waals surface area (Å²) in [6.07, 6.45) is 0.171. The SMILES string of the molecule is CCOC(=O)Cc1ccccc1OCc1c(C(C)(C)C)oc2ccc(-c3cccc(CN)c3)cc12. The number of furan rings is 1. The number of para-hydroxylation sites is 1. The molecule has 0 unspecified atom stereocenters. The molecule has 0 aliphatic heterocycles. The molecule has 1 heterocycles. The highest BCUT2D eigenvalue weighted by Crippen LogP contribution is 2.37. The Kier molecular flexibility index (Phi) is 7.27. The van der Waals surface area contributed by atoms with Gasteiger partial charge in [-0.2, -0.15) is 0 Å². The second-order valence-electron chi connectivity index (χ2n) is 9.65. The minimum absolute atomic E-state index is 0.171. The average molecular weight is 472 g/mol. The first-order valence-corrected chi connectivity index (χ1v) is 12.0. The summed E-state index contributed by atoms with van der Waals surface area (Å²) in [5, 5.41) is 1.02. The molecular formula is C30H33NO4. The Bertz CT molecular complexity index is 1330. The van der Waals surface area contributed by atoms with E-state index in [2.05, 4.69) is 45.0 Å². The van der Waals surface area contributed by atoms with Crippen LogP contribution in [0, 0.1) is 0 Å². The molecule has 3 aromatic carbocycles. The number of ether oxygens (including phenoxy) is 2. The number of fused-ring (bicyclic) bond motifs is 1. The minimum Gasteiger partial charge on any atom is -0.488 e. The molecule has 4 aromatic rings. The number of hydrogen-bond acceptors (Lipinski definition) is 5. The van der Waals surface area contributed by atoms with Gasteiger partial charge in [-0.1, -0.05) is 63.2 Å². The summed E-state index contributed by atoms with van der Waals surface area (Å²) in [5.74, 6) is 1.29. The van der Waals surface area contributed by atoms with Crippen molar-refractivity contribution in [2.75, 3.05) is 6.61 Å². The van der Waals surface area contributed by atoms with Gasteiger partial charge in [-0.25, -0.2) is 0 Å². The molecule has 0 fully saturated rings. The van der Waals surface area contributed by atoms with Gasteiger partial charge in [-0.15, -0.1) is 0 Å². The fraction of sp³-hybridized carbons (Fsp3) is 0.300. The van der Waals surface area contributed by atoms with Gasteiger partial charge >= 0.3 is 5.97 Å². The van der Waals surface area contributed by atoms with Gasteiger partial charge in [0.1, 0.15) is 23.7 Å². The van der Waals surface area contributed by atoms with Crippen LogP contribution in [0.1, 0.15) is 50.1 Å². The molecule has 0 aliphatic carbocycles. The van der Waals surface area contributed by atoms with E-state index >= 15 is 0 Å². The van der Waals surface area contributed by atoms with E-state index in [4.69, 9.17) is 19.6 Å². The van der Waals surface area contributed by atoms with Crippen LogP contribution in [-0.2, 0) is 34.5 Å². The predicted molar refractivity (Wildman–Crippen MR) is 139 cm³/mol. The number of rotatable bonds is 8. The summed E-state index contributed by atoms with van der Waals surface area (Å²) in [6.45, 7) is 9.39. The number of nitrogens with two attached hydrogens (primary N) is 1. The quantitative estimate of drug-likeness (QED) is 0.295. The van der Waals surface area contributed by atoms with Crippen molar-refractivity contribution in [3.63, 3.8) is 0 Å². The topological polar surface area (TPSA) is 74.7 Å². The van der Waals surface area contributed by atoms with Gasteiger partial charge in [0.15, 0.2) is 0 Å². The fourth-order valence-electron chi connectivity index (χ4n) is 4.26. The van der Waals surface area contributed by atoms with E-state index in [1.807, 2.05) is 42.5 Å². The highest BCUT2D eigenvalue weighted by atomic mass is 16.5. The van der Waals surface area contributed by atoms with E-state index in [1.54, 1.807) is 6.92 Å². The molecule has 2 N–H and O–H groups in total. The van der Waals surface area contributed by atoms with Crippen LogP contribution in [0.2, 0.25) is 0 Å². The molecule has 5 heteroatoms. The number of carbonyl (C=O) groups excluding carboxylic acids is 1. The van der Waals surface area contributed by atoms with E-state index < -0.39 is 0 Å². The summed E-state index contributed by atoms with van der Waals surface area (Å²) >= 11 is 0. The molecule has 0 saturated carbocycles. The van der Waals surface area contributed by atoms with Crippen molar-refractivity contribution >= 4 is 16.9 Å². The molecule has 0 amide bonds. The number of benzene rings is 3. The number of esters is 1. The van der Waals surface area contributed by atoms with Crippen LogP contribution in [0.15, 0.2) is 71.1 Å². The normalized spacial score (nSPS) is 11.6. The second-order valence-corrected chi connectivity index (χ2v) is 9.65. The zero-order valence-corrected chi connectivity index (χ0v) is 20.9. The van der Waals surface area contributed by atoms with E-state index in [1.165, 1.54) is 0 Å². The lowest BCUT2D eigenvalue weighted by atomic mass is 9.89. The Balaban J connectivity index is 1.71. The third kappa shape index (κ3) is 5.57. The molecule has 35 heavy (non-hydrogen) atoms. The molecule has 0 radical (unpaired) electrons. The number of hydrogen-bond donors (Lipinski definition) is 1. The van der Waals surface area contributed by atoms with Crippen LogP contribution in [0.4, 0.5) is 0 Å². The van der Waals surface area contributed by atoms with E-state index in [0.29, 0.717) is 25.5 Å². The van der Waals surface area contributed by atoms with Crippen LogP contribution < -0.4 is 10.5 Å². The molecule has 0 spiro atoms. The van der Waals surface area contributed by atoms with E-state index in [9.17, 15) is 4.79 Å². The van der Waals surface area contributed by atoms with Crippen molar-refractivity contribution in [2.45, 2.75) is 52.7 Å². The maximum Gasteiger partial charge on any atom is 0.310 e. The summed E-state index contributed by atoms with van der Waals surface area (Å²) in [5.41, 5.74) is 11.6. The Hall–Kier alpha value is -3.57. The lowest BCUT2D eigenvalue weighted by Crippen LogP contribution is -2.14. The largest absolute Gasteiger partial charge is 0.488 e. The standard InChI is InChI=1S/C30H33NO4/c1-5-33-28(32)17-23-10-6-7-12-26(23)34-19-25-24-16-22(21-11-8-9-20(15-21)18-31)13-14-27(24)35-29(25)30(2,3)4/h6-16H,5,17-19,31H2,1-4H3. The third-order valence-corrected chi connectivity index (χ3v) is 5.95. The molecule has 0 aliphatic rings. The van der Waals surface area contributed by atoms with Crippen LogP contribution in [0.25, 0.3) is 22.1 Å². The molecule has 4 rings (SSSR count).